The molecule has 1 saturated carbocycles. The van der Waals surface area contributed by atoms with Crippen LogP contribution in [0.5, 0.6) is 0 Å². The molecule has 2 fully saturated rings. The Morgan fingerprint density at radius 1 is 1.39 bits per heavy atom. The number of nitrogens with one attached hydrogen (secondary N) is 1. The summed E-state index contributed by atoms with van der Waals surface area (Å²) >= 11 is 0. The van der Waals surface area contributed by atoms with E-state index in [1.54, 1.807) is 0 Å². The molecule has 3 aliphatic rings. The van der Waals surface area contributed by atoms with Gasteiger partial charge >= 0.3 is 37.1 Å². The molecule has 4 atom stereocenters. The molecule has 3 nitrogen and oxygen atoms in total. The van der Waals surface area contributed by atoms with Crippen LogP contribution in [0.3, 0.4) is 0 Å². The fourth-order valence-corrected chi connectivity index (χ4v) is 2.72. The number of fused-ring (bicyclic) bond motifs is 2. The van der Waals surface area contributed by atoms with Crippen molar-refractivity contribution in [2.24, 2.45) is 17.8 Å². The van der Waals surface area contributed by atoms with Crippen molar-refractivity contribution in [3.8, 4) is 0 Å². The summed E-state index contributed by atoms with van der Waals surface area (Å²) in [5, 5.41) is 6.97. The Kier molecular flexibility index (Phi) is 6.67. The van der Waals surface area contributed by atoms with Crippen molar-refractivity contribution >= 4 is 12.2 Å². The van der Waals surface area contributed by atoms with E-state index in [-0.39, 0.29) is 43.2 Å². The van der Waals surface area contributed by atoms with Crippen LogP contribution in [0.25, 0.3) is 0 Å². The van der Waals surface area contributed by atoms with Crippen LogP contribution in [-0.2, 0) is 9.53 Å². The Hall–Kier alpha value is -0.0681. The van der Waals surface area contributed by atoms with Crippen molar-refractivity contribution in [3.05, 3.63) is 19.1 Å². The zero-order valence-corrected chi connectivity index (χ0v) is 14.7. The molecule has 4 heteroatoms. The van der Waals surface area contributed by atoms with E-state index in [1.165, 1.54) is 12.8 Å². The number of hydrogen-bond donors (Lipinski definition) is 1. The number of rotatable bonds is 1. The van der Waals surface area contributed by atoms with Gasteiger partial charge in [-0.25, -0.2) is 0 Å². The van der Waals surface area contributed by atoms with Gasteiger partial charge in [0.25, 0.3) is 0 Å². The Morgan fingerprint density at radius 2 is 2.17 bits per heavy atom. The summed E-state index contributed by atoms with van der Waals surface area (Å²) < 4.78 is 4.74. The minimum atomic E-state index is -0.101. The standard InChI is InChI=1S/C8H10N.C6H9O2.U/c9-5-8-4-6-1-2-7(8)3-6;1-5-3-2-4-6(7)8-5;/h1-2,6-9H,3-4H2;5H,1-4H2;/q2*-1;+2. The van der Waals surface area contributed by atoms with Gasteiger partial charge in [-0.2, -0.15) is 5.92 Å². The molecule has 96 valence electrons. The monoisotopic (exact) mass is 471 g/mol. The van der Waals surface area contributed by atoms with E-state index >= 15 is 0 Å². The molecule has 0 aromatic carbocycles. The average Bonchev–Trinajstić information content (AvgIpc) is 2.90. The number of hydrogen-bond acceptors (Lipinski definition) is 3. The number of ether oxygens (including phenoxy) is 1. The number of carbonyl (C=O) groups is 1. The number of carbonyl (C=O) groups excluding carboxylic acids is 1. The van der Waals surface area contributed by atoms with Crippen molar-refractivity contribution in [2.45, 2.75) is 38.2 Å². The summed E-state index contributed by atoms with van der Waals surface area (Å²) in [5.41, 5.74) is 0. The maximum atomic E-state index is 10.4. The third kappa shape index (κ3) is 4.24. The molecule has 18 heavy (non-hydrogen) atoms. The second-order valence-electron chi connectivity index (χ2n) is 5.04. The van der Waals surface area contributed by atoms with Gasteiger partial charge in [-0.3, -0.25) is 4.79 Å². The molecule has 1 aliphatic heterocycles. The Labute approximate surface area is 133 Å². The molecule has 0 aromatic rings. The second-order valence-corrected chi connectivity index (χ2v) is 5.04. The maximum absolute atomic E-state index is 10.4. The SMILES string of the molecule is N=[C-]C1CC2C=CC1C2.[CH2-]C1CCCC(=O)O1.[U+2]. The van der Waals surface area contributed by atoms with Crippen LogP contribution in [0.2, 0.25) is 0 Å². The van der Waals surface area contributed by atoms with Crippen LogP contribution < -0.4 is 0 Å². The smallest absolute Gasteiger partial charge is 0.518 e. The van der Waals surface area contributed by atoms with Gasteiger partial charge in [-0.1, -0.05) is 18.6 Å². The van der Waals surface area contributed by atoms with E-state index in [4.69, 9.17) is 10.1 Å². The van der Waals surface area contributed by atoms with Gasteiger partial charge in [0.2, 0.25) is 0 Å². The van der Waals surface area contributed by atoms with E-state index in [2.05, 4.69) is 25.3 Å². The van der Waals surface area contributed by atoms with Gasteiger partial charge in [0.05, 0.1) is 0 Å². The fourth-order valence-electron chi connectivity index (χ4n) is 2.72. The van der Waals surface area contributed by atoms with E-state index < -0.39 is 0 Å². The third-order valence-electron chi connectivity index (χ3n) is 3.67. The zero-order chi connectivity index (χ0) is 12.3. The van der Waals surface area contributed by atoms with Crippen LogP contribution in [0.1, 0.15) is 32.1 Å². The Bertz CT molecular complexity index is 330. The van der Waals surface area contributed by atoms with Gasteiger partial charge in [0.1, 0.15) is 0 Å². The van der Waals surface area contributed by atoms with Crippen LogP contribution in [0.4, 0.5) is 0 Å². The van der Waals surface area contributed by atoms with Gasteiger partial charge in [0, 0.05) is 6.42 Å². The Balaban J connectivity index is 0.000000172. The topological polar surface area (TPSA) is 50.2 Å². The first-order valence-electron chi connectivity index (χ1n) is 6.32. The summed E-state index contributed by atoms with van der Waals surface area (Å²) in [6.45, 7) is 3.60. The summed E-state index contributed by atoms with van der Waals surface area (Å²) in [6.07, 6.45) is 12.0. The quantitative estimate of drug-likeness (QED) is 0.277. The largest absolute Gasteiger partial charge is 2.00 e. The van der Waals surface area contributed by atoms with Crippen LogP contribution in [0.15, 0.2) is 12.2 Å². The molecule has 4 unspecified atom stereocenters. The number of esters is 1. The predicted octanol–water partition coefficient (Wildman–Crippen LogP) is 2.64. The molecule has 3 rings (SSSR count). The van der Waals surface area contributed by atoms with E-state index in [0.717, 1.165) is 18.8 Å². The normalized spacial score (nSPS) is 36.2. The van der Waals surface area contributed by atoms with Crippen molar-refractivity contribution in [3.63, 3.8) is 0 Å². The second kappa shape index (κ2) is 7.50. The van der Waals surface area contributed by atoms with E-state index in [1.807, 2.05) is 0 Å². The first kappa shape index (κ1) is 16.0. The summed E-state index contributed by atoms with van der Waals surface area (Å²) in [6, 6.07) is 0. The van der Waals surface area contributed by atoms with Crippen LogP contribution >= 0.6 is 0 Å². The first-order chi connectivity index (χ1) is 8.19. The molecule has 2 bridgehead atoms. The van der Waals surface area contributed by atoms with Gasteiger partial charge < -0.3 is 23.3 Å². The summed E-state index contributed by atoms with van der Waals surface area (Å²) in [7, 11) is 0. The molecule has 0 amide bonds. The third-order valence-corrected chi connectivity index (χ3v) is 3.67. The molecule has 0 spiro atoms. The molecule has 0 radical (unpaired) electrons. The number of allylic oxidation sites excluding steroid dienone is 2. The maximum Gasteiger partial charge on any atom is 2.00 e. The number of cyclic esters (lactones) is 1. The average molecular weight is 471 g/mol. The van der Waals surface area contributed by atoms with Crippen LogP contribution in [-0.4, -0.2) is 18.3 Å². The van der Waals surface area contributed by atoms with Crippen molar-refractivity contribution < 1.29 is 40.6 Å². The summed E-state index contributed by atoms with van der Waals surface area (Å²) in [5.74, 6) is 1.82. The molecular formula is C14H19NO2U. The zero-order valence-electron chi connectivity index (χ0n) is 10.5. The molecule has 2 aliphatic carbocycles. The minimum absolute atomic E-state index is 0. The molecule has 0 aromatic heterocycles. The Morgan fingerprint density at radius 3 is 2.50 bits per heavy atom. The fraction of sp³-hybridized carbons (Fsp3) is 0.643. The molecule has 1 saturated heterocycles. The predicted molar refractivity (Wildman–Crippen MR) is 65.7 cm³/mol. The van der Waals surface area contributed by atoms with E-state index in [9.17, 15) is 4.79 Å². The van der Waals surface area contributed by atoms with Crippen molar-refractivity contribution in [1.82, 2.24) is 0 Å². The summed E-state index contributed by atoms with van der Waals surface area (Å²) in [4.78, 5) is 10.4. The first-order valence-corrected chi connectivity index (χ1v) is 6.32. The van der Waals surface area contributed by atoms with Gasteiger partial charge in [-0.05, 0) is 37.2 Å². The van der Waals surface area contributed by atoms with Gasteiger partial charge in [-0.15, -0.1) is 0 Å². The van der Waals surface area contributed by atoms with E-state index in [0.29, 0.717) is 18.3 Å². The molecule has 1 heterocycles. The van der Waals surface area contributed by atoms with Gasteiger partial charge in [0.15, 0.2) is 0 Å². The van der Waals surface area contributed by atoms with Crippen LogP contribution in [0, 0.1) is 61.2 Å². The molecule has 1 N–H and O–H groups in total. The minimum Gasteiger partial charge on any atom is -0.518 e. The molecular weight excluding hydrogens is 452 g/mol. The van der Waals surface area contributed by atoms with Crippen molar-refractivity contribution in [1.29, 1.82) is 5.41 Å². The van der Waals surface area contributed by atoms with Crippen molar-refractivity contribution in [2.75, 3.05) is 0 Å².